The van der Waals surface area contributed by atoms with Gasteiger partial charge in [0.15, 0.2) is 0 Å². The Hall–Kier alpha value is -0.770. The lowest BCUT2D eigenvalue weighted by molar-refractivity contribution is 0.221. The van der Waals surface area contributed by atoms with Gasteiger partial charge < -0.3 is 15.8 Å². The van der Waals surface area contributed by atoms with Crippen LogP contribution in [0.15, 0.2) is 5.16 Å². The van der Waals surface area contributed by atoms with Gasteiger partial charge in [0.25, 0.3) is 0 Å². The van der Waals surface area contributed by atoms with E-state index in [4.69, 9.17) is 10.9 Å². The molecule has 0 radical (unpaired) electrons. The van der Waals surface area contributed by atoms with Crippen LogP contribution in [0.5, 0.6) is 0 Å². The lowest BCUT2D eigenvalue weighted by atomic mass is 9.88. The van der Waals surface area contributed by atoms with E-state index in [1.54, 1.807) is 0 Å². The molecule has 1 fully saturated rings. The van der Waals surface area contributed by atoms with Gasteiger partial charge in [-0.2, -0.15) is 0 Å². The van der Waals surface area contributed by atoms with Crippen LogP contribution >= 0.6 is 0 Å². The van der Waals surface area contributed by atoms with Crippen molar-refractivity contribution in [2.45, 2.75) is 52.5 Å². The minimum absolute atomic E-state index is 0.213. The van der Waals surface area contributed by atoms with Gasteiger partial charge in [0.05, 0.1) is 0 Å². The van der Waals surface area contributed by atoms with Crippen LogP contribution in [0.3, 0.4) is 0 Å². The van der Waals surface area contributed by atoms with Crippen molar-refractivity contribution in [1.82, 2.24) is 4.90 Å². The fraction of sp³-hybridized carbons (Fsp3) is 0.917. The van der Waals surface area contributed by atoms with E-state index in [1.807, 2.05) is 13.8 Å². The Morgan fingerprint density at radius 2 is 2.25 bits per heavy atom. The molecule has 0 saturated carbocycles. The summed E-state index contributed by atoms with van der Waals surface area (Å²) in [7, 11) is 0. The number of oxime groups is 1. The Morgan fingerprint density at radius 3 is 2.81 bits per heavy atom. The summed E-state index contributed by atoms with van der Waals surface area (Å²) in [5, 5.41) is 11.8. The molecular weight excluding hydrogens is 202 g/mol. The average Bonchev–Trinajstić information content (AvgIpc) is 2.72. The van der Waals surface area contributed by atoms with Gasteiger partial charge in [0.1, 0.15) is 5.84 Å². The smallest absolute Gasteiger partial charge is 0.144 e. The summed E-state index contributed by atoms with van der Waals surface area (Å²) in [5.41, 5.74) is 5.47. The van der Waals surface area contributed by atoms with E-state index in [0.29, 0.717) is 5.84 Å². The molecule has 4 nitrogen and oxygen atoms in total. The normalized spacial score (nSPS) is 23.9. The molecule has 1 unspecified atom stereocenters. The minimum atomic E-state index is -0.213. The van der Waals surface area contributed by atoms with Gasteiger partial charge in [-0.05, 0) is 38.8 Å². The van der Waals surface area contributed by atoms with E-state index in [2.05, 4.69) is 17.0 Å². The number of amidine groups is 1. The zero-order chi connectivity index (χ0) is 12.2. The summed E-state index contributed by atoms with van der Waals surface area (Å²) >= 11 is 0. The van der Waals surface area contributed by atoms with Crippen LogP contribution in [-0.2, 0) is 0 Å². The van der Waals surface area contributed by atoms with Gasteiger partial charge in [-0.3, -0.25) is 0 Å². The number of likely N-dealkylation sites (tertiary alicyclic amines) is 1. The number of nitrogens with zero attached hydrogens (tertiary/aromatic N) is 2. The van der Waals surface area contributed by atoms with Crippen molar-refractivity contribution in [3.8, 4) is 0 Å². The standard InChI is InChI=1S/C12H25N3O/c1-4-10-6-5-8-15(10)9-7-12(2,3)11(13)14-16/h10,16H,4-9H2,1-3H3,(H2,13,14). The van der Waals surface area contributed by atoms with E-state index in [9.17, 15) is 0 Å². The molecule has 0 amide bonds. The second-order valence-corrected chi connectivity index (χ2v) is 5.36. The molecule has 0 aromatic carbocycles. The SMILES string of the molecule is CCC1CCCN1CCC(C)(C)C(N)=NO. The van der Waals surface area contributed by atoms with Crippen LogP contribution in [0.25, 0.3) is 0 Å². The number of hydrogen-bond donors (Lipinski definition) is 2. The maximum absolute atomic E-state index is 8.71. The van der Waals surface area contributed by atoms with Crippen LogP contribution in [-0.4, -0.2) is 35.1 Å². The van der Waals surface area contributed by atoms with Crippen molar-refractivity contribution >= 4 is 5.84 Å². The van der Waals surface area contributed by atoms with Crippen molar-refractivity contribution in [3.63, 3.8) is 0 Å². The first-order valence-electron chi connectivity index (χ1n) is 6.23. The van der Waals surface area contributed by atoms with Crippen LogP contribution in [0.4, 0.5) is 0 Å². The quantitative estimate of drug-likeness (QED) is 0.327. The molecule has 1 heterocycles. The molecule has 1 aliphatic rings. The summed E-state index contributed by atoms with van der Waals surface area (Å²) in [5.74, 6) is 0.333. The molecule has 0 bridgehead atoms. The second kappa shape index (κ2) is 5.53. The first-order chi connectivity index (χ1) is 7.51. The van der Waals surface area contributed by atoms with Crippen LogP contribution in [0.2, 0.25) is 0 Å². The monoisotopic (exact) mass is 227 g/mol. The topological polar surface area (TPSA) is 61.8 Å². The summed E-state index contributed by atoms with van der Waals surface area (Å²) < 4.78 is 0. The summed E-state index contributed by atoms with van der Waals surface area (Å²) in [6.45, 7) is 8.54. The first-order valence-corrected chi connectivity index (χ1v) is 6.23. The highest BCUT2D eigenvalue weighted by Gasteiger charge is 2.28. The Bertz CT molecular complexity index is 251. The Balaban J connectivity index is 2.44. The van der Waals surface area contributed by atoms with Gasteiger partial charge in [0.2, 0.25) is 0 Å². The van der Waals surface area contributed by atoms with Crippen molar-refractivity contribution < 1.29 is 5.21 Å². The van der Waals surface area contributed by atoms with Crippen molar-refractivity contribution in [2.24, 2.45) is 16.3 Å². The Kier molecular flexibility index (Phi) is 4.59. The fourth-order valence-electron chi connectivity index (χ4n) is 2.34. The molecule has 1 atom stereocenters. The first kappa shape index (κ1) is 13.3. The molecule has 4 heteroatoms. The molecule has 3 N–H and O–H groups in total. The van der Waals surface area contributed by atoms with Crippen molar-refractivity contribution in [1.29, 1.82) is 0 Å². The minimum Gasteiger partial charge on any atom is -0.409 e. The largest absolute Gasteiger partial charge is 0.409 e. The molecule has 0 spiro atoms. The molecule has 94 valence electrons. The molecule has 16 heavy (non-hydrogen) atoms. The van der Waals surface area contributed by atoms with Gasteiger partial charge in [-0.1, -0.05) is 25.9 Å². The highest BCUT2D eigenvalue weighted by atomic mass is 16.4. The van der Waals surface area contributed by atoms with E-state index in [-0.39, 0.29) is 5.41 Å². The molecule has 1 rings (SSSR count). The van der Waals surface area contributed by atoms with E-state index in [0.717, 1.165) is 19.0 Å². The maximum Gasteiger partial charge on any atom is 0.144 e. The third kappa shape index (κ3) is 3.11. The summed E-state index contributed by atoms with van der Waals surface area (Å²) in [6.07, 6.45) is 4.80. The second-order valence-electron chi connectivity index (χ2n) is 5.36. The molecule has 0 aliphatic carbocycles. The van der Waals surface area contributed by atoms with Crippen LogP contribution in [0, 0.1) is 5.41 Å². The highest BCUT2D eigenvalue weighted by Crippen LogP contribution is 2.25. The lowest BCUT2D eigenvalue weighted by Crippen LogP contribution is -2.37. The van der Waals surface area contributed by atoms with Gasteiger partial charge in [-0.25, -0.2) is 0 Å². The van der Waals surface area contributed by atoms with E-state index < -0.39 is 0 Å². The van der Waals surface area contributed by atoms with Crippen LogP contribution in [0.1, 0.15) is 46.5 Å². The Morgan fingerprint density at radius 1 is 1.56 bits per heavy atom. The van der Waals surface area contributed by atoms with Gasteiger partial charge >= 0.3 is 0 Å². The maximum atomic E-state index is 8.71. The van der Waals surface area contributed by atoms with Crippen molar-refractivity contribution in [2.75, 3.05) is 13.1 Å². The number of rotatable bonds is 5. The summed E-state index contributed by atoms with van der Waals surface area (Å²) in [4.78, 5) is 2.53. The van der Waals surface area contributed by atoms with E-state index >= 15 is 0 Å². The third-order valence-electron chi connectivity index (χ3n) is 3.80. The van der Waals surface area contributed by atoms with E-state index in [1.165, 1.54) is 25.8 Å². The molecule has 0 aromatic heterocycles. The van der Waals surface area contributed by atoms with Crippen LogP contribution < -0.4 is 5.73 Å². The van der Waals surface area contributed by atoms with Gasteiger partial charge in [-0.15, -0.1) is 0 Å². The Labute approximate surface area is 98.5 Å². The molecular formula is C12H25N3O. The molecule has 0 aromatic rings. The predicted molar refractivity (Wildman–Crippen MR) is 66.7 cm³/mol. The van der Waals surface area contributed by atoms with Crippen molar-refractivity contribution in [3.05, 3.63) is 0 Å². The predicted octanol–water partition coefficient (Wildman–Crippen LogP) is 2.02. The molecule has 1 saturated heterocycles. The van der Waals surface area contributed by atoms with Gasteiger partial charge in [0, 0.05) is 11.5 Å². The third-order valence-corrected chi connectivity index (χ3v) is 3.80. The summed E-state index contributed by atoms with van der Waals surface area (Å²) in [6, 6.07) is 0.739. The number of hydrogen-bond acceptors (Lipinski definition) is 3. The highest BCUT2D eigenvalue weighted by molar-refractivity contribution is 5.85. The zero-order valence-electron chi connectivity index (χ0n) is 10.7. The zero-order valence-corrected chi connectivity index (χ0v) is 10.7. The fourth-order valence-corrected chi connectivity index (χ4v) is 2.34. The molecule has 1 aliphatic heterocycles. The average molecular weight is 227 g/mol. The lowest BCUT2D eigenvalue weighted by Gasteiger charge is -2.29. The number of nitrogens with two attached hydrogens (primary N) is 1.